The van der Waals surface area contributed by atoms with Crippen LogP contribution in [0, 0.1) is 6.92 Å². The number of fused-ring (bicyclic) bond motifs is 1. The van der Waals surface area contributed by atoms with Gasteiger partial charge in [0.2, 0.25) is 5.89 Å². The number of aryl methyl sites for hydroxylation is 1. The Morgan fingerprint density at radius 1 is 1.31 bits per heavy atom. The number of para-hydroxylation sites is 2. The maximum absolute atomic E-state index is 12.6. The Balaban J connectivity index is 1.35. The number of likely N-dealkylation sites (tertiary alicyclic amines) is 1. The normalized spacial score (nSPS) is 16.8. The molecule has 1 unspecified atom stereocenters. The van der Waals surface area contributed by atoms with Crippen molar-refractivity contribution in [1.82, 2.24) is 30.3 Å². The number of hydrogen-bond acceptors (Lipinski definition) is 5. The van der Waals surface area contributed by atoms with Gasteiger partial charge in [-0.1, -0.05) is 17.3 Å². The van der Waals surface area contributed by atoms with E-state index in [1.165, 1.54) is 0 Å². The van der Waals surface area contributed by atoms with Gasteiger partial charge in [0.1, 0.15) is 5.82 Å². The lowest BCUT2D eigenvalue weighted by atomic mass is 9.97. The summed E-state index contributed by atoms with van der Waals surface area (Å²) in [6.45, 7) is 5.09. The third-order valence-corrected chi connectivity index (χ3v) is 4.83. The number of imidazole rings is 1. The first-order valence-corrected chi connectivity index (χ1v) is 8.90. The molecular weight excluding hydrogens is 332 g/mol. The largest absolute Gasteiger partial charge is 0.340 e. The molecule has 2 aromatic heterocycles. The van der Waals surface area contributed by atoms with Crippen LogP contribution in [0.5, 0.6) is 0 Å². The highest BCUT2D eigenvalue weighted by molar-refractivity contribution is 5.76. The fraction of sp³-hybridized carbons (Fsp3) is 0.444. The Bertz CT molecular complexity index is 876. The second-order valence-corrected chi connectivity index (χ2v) is 6.75. The molecule has 8 nitrogen and oxygen atoms in total. The van der Waals surface area contributed by atoms with Gasteiger partial charge >= 0.3 is 6.03 Å². The highest BCUT2D eigenvalue weighted by Crippen LogP contribution is 2.27. The van der Waals surface area contributed by atoms with Gasteiger partial charge in [-0.3, -0.25) is 0 Å². The average Bonchev–Trinajstić information content (AvgIpc) is 3.28. The van der Waals surface area contributed by atoms with Gasteiger partial charge in [0, 0.05) is 19.0 Å². The summed E-state index contributed by atoms with van der Waals surface area (Å²) in [7, 11) is 0. The molecular formula is C18H22N6O2. The molecule has 3 heterocycles. The first-order valence-electron chi connectivity index (χ1n) is 8.90. The van der Waals surface area contributed by atoms with E-state index in [0.717, 1.165) is 29.7 Å². The van der Waals surface area contributed by atoms with E-state index in [4.69, 9.17) is 4.52 Å². The van der Waals surface area contributed by atoms with Crippen molar-refractivity contribution in [2.75, 3.05) is 13.1 Å². The van der Waals surface area contributed by atoms with E-state index in [2.05, 4.69) is 25.4 Å². The summed E-state index contributed by atoms with van der Waals surface area (Å²) in [4.78, 5) is 26.5. The highest BCUT2D eigenvalue weighted by atomic mass is 16.5. The number of aromatic amines is 1. The van der Waals surface area contributed by atoms with Gasteiger partial charge in [0.05, 0.1) is 17.1 Å². The molecule has 1 atom stereocenters. The molecule has 136 valence electrons. The first-order chi connectivity index (χ1) is 12.6. The van der Waals surface area contributed by atoms with Crippen LogP contribution in [0.4, 0.5) is 4.79 Å². The Morgan fingerprint density at radius 3 is 2.77 bits per heavy atom. The smallest absolute Gasteiger partial charge is 0.317 e. The van der Waals surface area contributed by atoms with Gasteiger partial charge in [-0.25, -0.2) is 9.78 Å². The van der Waals surface area contributed by atoms with Crippen molar-refractivity contribution in [1.29, 1.82) is 0 Å². The SMILES string of the molecule is Cc1noc(C2CCN(C(=O)NC(C)c3nc4ccccc4[nH]3)CC2)n1. The van der Waals surface area contributed by atoms with Crippen LogP contribution in [-0.2, 0) is 0 Å². The molecule has 1 aromatic carbocycles. The van der Waals surface area contributed by atoms with Crippen molar-refractivity contribution in [3.63, 3.8) is 0 Å². The standard InChI is InChI=1S/C18H22N6O2/c1-11(16-21-14-5-3-4-6-15(14)22-16)19-18(25)24-9-7-13(8-10-24)17-20-12(2)23-26-17/h3-6,11,13H,7-10H2,1-2H3,(H,19,25)(H,21,22). The maximum Gasteiger partial charge on any atom is 0.317 e. The number of urea groups is 1. The lowest BCUT2D eigenvalue weighted by Gasteiger charge is -2.31. The second-order valence-electron chi connectivity index (χ2n) is 6.75. The van der Waals surface area contributed by atoms with Crippen molar-refractivity contribution >= 4 is 17.1 Å². The number of nitrogens with one attached hydrogen (secondary N) is 2. The molecule has 1 saturated heterocycles. The van der Waals surface area contributed by atoms with E-state index in [1.807, 2.05) is 43.0 Å². The molecule has 1 aliphatic rings. The van der Waals surface area contributed by atoms with Crippen molar-refractivity contribution in [2.45, 2.75) is 38.6 Å². The zero-order chi connectivity index (χ0) is 18.1. The number of piperidine rings is 1. The molecule has 4 rings (SSSR count). The number of hydrogen-bond donors (Lipinski definition) is 2. The molecule has 1 fully saturated rings. The fourth-order valence-corrected chi connectivity index (χ4v) is 3.33. The quantitative estimate of drug-likeness (QED) is 0.753. The van der Waals surface area contributed by atoms with E-state index < -0.39 is 0 Å². The minimum atomic E-state index is -0.189. The van der Waals surface area contributed by atoms with Crippen LogP contribution in [0.1, 0.15) is 49.3 Å². The first kappa shape index (κ1) is 16.6. The second kappa shape index (κ2) is 6.78. The predicted molar refractivity (Wildman–Crippen MR) is 95.6 cm³/mol. The lowest BCUT2D eigenvalue weighted by Crippen LogP contribution is -2.45. The van der Waals surface area contributed by atoms with Crippen molar-refractivity contribution < 1.29 is 9.32 Å². The lowest BCUT2D eigenvalue weighted by molar-refractivity contribution is 0.172. The van der Waals surface area contributed by atoms with Crippen LogP contribution in [0.3, 0.4) is 0 Å². The number of amides is 2. The highest BCUT2D eigenvalue weighted by Gasteiger charge is 2.28. The van der Waals surface area contributed by atoms with Gasteiger partial charge < -0.3 is 19.7 Å². The fourth-order valence-electron chi connectivity index (χ4n) is 3.33. The molecule has 0 saturated carbocycles. The van der Waals surface area contributed by atoms with Gasteiger partial charge in [0.15, 0.2) is 5.82 Å². The molecule has 0 bridgehead atoms. The molecule has 8 heteroatoms. The minimum Gasteiger partial charge on any atom is -0.340 e. The maximum atomic E-state index is 12.6. The molecule has 2 N–H and O–H groups in total. The number of nitrogens with zero attached hydrogens (tertiary/aromatic N) is 4. The van der Waals surface area contributed by atoms with Crippen LogP contribution in [0.2, 0.25) is 0 Å². The Hall–Kier alpha value is -2.90. The molecule has 0 spiro atoms. The summed E-state index contributed by atoms with van der Waals surface area (Å²) < 4.78 is 5.26. The third-order valence-electron chi connectivity index (χ3n) is 4.83. The van der Waals surface area contributed by atoms with Gasteiger partial charge in [0.25, 0.3) is 0 Å². The van der Waals surface area contributed by atoms with Crippen molar-refractivity contribution in [3.8, 4) is 0 Å². The Morgan fingerprint density at radius 2 is 2.08 bits per heavy atom. The van der Waals surface area contributed by atoms with Crippen molar-refractivity contribution in [2.24, 2.45) is 0 Å². The van der Waals surface area contributed by atoms with Crippen LogP contribution < -0.4 is 5.32 Å². The number of H-pyrrole nitrogens is 1. The van der Waals surface area contributed by atoms with Crippen LogP contribution in [-0.4, -0.2) is 44.1 Å². The van der Waals surface area contributed by atoms with Crippen LogP contribution >= 0.6 is 0 Å². The van der Waals surface area contributed by atoms with Crippen molar-refractivity contribution in [3.05, 3.63) is 41.8 Å². The molecule has 26 heavy (non-hydrogen) atoms. The molecule has 1 aliphatic heterocycles. The van der Waals surface area contributed by atoms with Gasteiger partial charge in [-0.05, 0) is 38.8 Å². The molecule has 0 aliphatic carbocycles. The predicted octanol–water partition coefficient (Wildman–Crippen LogP) is 2.90. The van der Waals surface area contributed by atoms with Gasteiger partial charge in [-0.2, -0.15) is 4.98 Å². The summed E-state index contributed by atoms with van der Waals surface area (Å²) in [6, 6.07) is 7.58. The monoisotopic (exact) mass is 354 g/mol. The summed E-state index contributed by atoms with van der Waals surface area (Å²) in [5.74, 6) is 2.32. The number of carbonyl (C=O) groups is 1. The van der Waals surface area contributed by atoms with E-state index in [0.29, 0.717) is 24.8 Å². The third kappa shape index (κ3) is 3.26. The minimum absolute atomic E-state index is 0.0712. The summed E-state index contributed by atoms with van der Waals surface area (Å²) >= 11 is 0. The van der Waals surface area contributed by atoms with E-state index in [-0.39, 0.29) is 18.0 Å². The average molecular weight is 354 g/mol. The number of benzene rings is 1. The molecule has 0 radical (unpaired) electrons. The summed E-state index contributed by atoms with van der Waals surface area (Å²) in [6.07, 6.45) is 1.65. The Kier molecular flexibility index (Phi) is 4.32. The van der Waals surface area contributed by atoms with E-state index in [1.54, 1.807) is 0 Å². The zero-order valence-corrected chi connectivity index (χ0v) is 14.9. The van der Waals surface area contributed by atoms with E-state index >= 15 is 0 Å². The number of carbonyl (C=O) groups excluding carboxylic acids is 1. The molecule has 3 aromatic rings. The summed E-state index contributed by atoms with van der Waals surface area (Å²) in [5, 5.41) is 6.87. The molecule has 2 amide bonds. The number of aromatic nitrogens is 4. The zero-order valence-electron chi connectivity index (χ0n) is 14.9. The summed E-state index contributed by atoms with van der Waals surface area (Å²) in [5.41, 5.74) is 1.87. The van der Waals surface area contributed by atoms with Crippen LogP contribution in [0.15, 0.2) is 28.8 Å². The van der Waals surface area contributed by atoms with E-state index in [9.17, 15) is 4.79 Å². The Labute approximate surface area is 151 Å². The topological polar surface area (TPSA) is 99.9 Å². The van der Waals surface area contributed by atoms with Crippen LogP contribution in [0.25, 0.3) is 11.0 Å². The number of rotatable bonds is 3. The van der Waals surface area contributed by atoms with Gasteiger partial charge in [-0.15, -0.1) is 0 Å².